The van der Waals surface area contributed by atoms with Gasteiger partial charge in [0.25, 0.3) is 5.91 Å². The normalized spacial score (nSPS) is 16.6. The number of hydrogen-bond donors (Lipinski definition) is 1. The van der Waals surface area contributed by atoms with Gasteiger partial charge in [-0.2, -0.15) is 5.10 Å². The largest absolute Gasteiger partial charge is 0.494 e. The van der Waals surface area contributed by atoms with Crippen LogP contribution in [0.5, 0.6) is 5.75 Å². The molecule has 2 atom stereocenters. The zero-order valence-electron chi connectivity index (χ0n) is 18.4. The maximum atomic E-state index is 13.8. The van der Waals surface area contributed by atoms with Gasteiger partial charge in [0.2, 0.25) is 5.13 Å². The van der Waals surface area contributed by atoms with Gasteiger partial charge >= 0.3 is 0 Å². The molecule has 2 aromatic heterocycles. The lowest BCUT2D eigenvalue weighted by Crippen LogP contribution is -2.23. The third kappa shape index (κ3) is 5.60. The van der Waals surface area contributed by atoms with Crippen LogP contribution in [0.15, 0.2) is 36.5 Å². The van der Waals surface area contributed by atoms with E-state index in [4.69, 9.17) is 9.47 Å². The van der Waals surface area contributed by atoms with Gasteiger partial charge in [0, 0.05) is 32.3 Å². The van der Waals surface area contributed by atoms with E-state index in [9.17, 15) is 9.18 Å². The maximum absolute atomic E-state index is 13.8. The predicted molar refractivity (Wildman–Crippen MR) is 122 cm³/mol. The Morgan fingerprint density at radius 3 is 2.97 bits per heavy atom. The molecular weight excluding hydrogens is 447 g/mol. The monoisotopic (exact) mass is 472 g/mol. The number of nitrogens with zero attached hydrogens (tertiary/aromatic N) is 5. The van der Waals surface area contributed by atoms with Crippen LogP contribution >= 0.6 is 11.3 Å². The van der Waals surface area contributed by atoms with Crippen molar-refractivity contribution in [1.29, 1.82) is 0 Å². The van der Waals surface area contributed by atoms with E-state index >= 15 is 0 Å². The Kier molecular flexibility index (Phi) is 7.40. The van der Waals surface area contributed by atoms with Crippen molar-refractivity contribution >= 4 is 28.2 Å². The number of benzene rings is 1. The van der Waals surface area contributed by atoms with Gasteiger partial charge in [-0.15, -0.1) is 15.3 Å². The van der Waals surface area contributed by atoms with Crippen molar-refractivity contribution in [2.24, 2.45) is 5.92 Å². The molecule has 11 heteroatoms. The molecule has 0 spiro atoms. The Morgan fingerprint density at radius 2 is 2.21 bits per heavy atom. The van der Waals surface area contributed by atoms with Crippen LogP contribution in [0.25, 0.3) is 0 Å². The van der Waals surface area contributed by atoms with Crippen LogP contribution in [0.2, 0.25) is 0 Å². The van der Waals surface area contributed by atoms with E-state index in [0.29, 0.717) is 23.2 Å². The van der Waals surface area contributed by atoms with Gasteiger partial charge in [0.15, 0.2) is 23.5 Å². The number of amides is 1. The second-order valence-electron chi connectivity index (χ2n) is 7.61. The minimum atomic E-state index is -0.924. The molecular formula is C22H25FN6O3S. The van der Waals surface area contributed by atoms with Crippen LogP contribution in [-0.2, 0) is 16.0 Å². The van der Waals surface area contributed by atoms with E-state index in [1.165, 1.54) is 36.6 Å². The van der Waals surface area contributed by atoms with Crippen molar-refractivity contribution < 1.29 is 18.7 Å². The van der Waals surface area contributed by atoms with Crippen molar-refractivity contribution in [2.45, 2.75) is 25.9 Å². The fraction of sp³-hybridized carbons (Fsp3) is 0.409. The summed E-state index contributed by atoms with van der Waals surface area (Å²) < 4.78 is 24.4. The number of hydrogen-bond acceptors (Lipinski definition) is 9. The van der Waals surface area contributed by atoms with Crippen LogP contribution in [0, 0.1) is 11.7 Å². The SMILES string of the molecule is CCO[C@@H](C(=O)Nc1nnc(C[C@@H]2CCN(c3cccnn3)C2)s1)c1ccc(F)c(OC)c1. The highest BCUT2D eigenvalue weighted by atomic mass is 32.1. The average Bonchev–Trinajstić information content (AvgIpc) is 3.48. The van der Waals surface area contributed by atoms with Crippen LogP contribution in [-0.4, -0.2) is 53.1 Å². The molecule has 1 amide bonds. The van der Waals surface area contributed by atoms with E-state index in [0.717, 1.165) is 36.8 Å². The first-order valence-electron chi connectivity index (χ1n) is 10.7. The van der Waals surface area contributed by atoms with Gasteiger partial charge in [-0.25, -0.2) is 4.39 Å². The molecule has 1 saturated heterocycles. The Hall–Kier alpha value is -3.18. The van der Waals surface area contributed by atoms with Gasteiger partial charge < -0.3 is 14.4 Å². The number of carbonyl (C=O) groups is 1. The highest BCUT2D eigenvalue weighted by Gasteiger charge is 2.26. The molecule has 1 aliphatic heterocycles. The number of rotatable bonds is 9. The molecule has 1 aliphatic rings. The fourth-order valence-corrected chi connectivity index (χ4v) is 4.66. The first-order chi connectivity index (χ1) is 16.1. The first kappa shape index (κ1) is 23.0. The van der Waals surface area contributed by atoms with Crippen molar-refractivity contribution in [3.05, 3.63) is 52.9 Å². The molecule has 1 N–H and O–H groups in total. The summed E-state index contributed by atoms with van der Waals surface area (Å²) in [5.74, 6) is 0.449. The van der Waals surface area contributed by atoms with E-state index in [-0.39, 0.29) is 5.75 Å². The first-order valence-corrected chi connectivity index (χ1v) is 11.5. The van der Waals surface area contributed by atoms with Crippen molar-refractivity contribution in [1.82, 2.24) is 20.4 Å². The topological polar surface area (TPSA) is 102 Å². The lowest BCUT2D eigenvalue weighted by Gasteiger charge is -2.17. The zero-order valence-corrected chi connectivity index (χ0v) is 19.2. The molecule has 174 valence electrons. The summed E-state index contributed by atoms with van der Waals surface area (Å²) in [5, 5.41) is 20.5. The highest BCUT2D eigenvalue weighted by Crippen LogP contribution is 2.29. The Balaban J connectivity index is 1.37. The van der Waals surface area contributed by atoms with Crippen LogP contribution in [0.1, 0.15) is 30.0 Å². The van der Waals surface area contributed by atoms with Gasteiger partial charge in [-0.3, -0.25) is 10.1 Å². The van der Waals surface area contributed by atoms with Crippen molar-refractivity contribution in [3.63, 3.8) is 0 Å². The van der Waals surface area contributed by atoms with Crippen molar-refractivity contribution in [3.8, 4) is 5.75 Å². The number of anilines is 2. The van der Waals surface area contributed by atoms with Gasteiger partial charge in [-0.1, -0.05) is 17.4 Å². The quantitative estimate of drug-likeness (QED) is 0.506. The lowest BCUT2D eigenvalue weighted by molar-refractivity contribution is -0.127. The number of ether oxygens (including phenoxy) is 2. The smallest absolute Gasteiger partial charge is 0.259 e. The van der Waals surface area contributed by atoms with E-state index in [1.54, 1.807) is 13.1 Å². The summed E-state index contributed by atoms with van der Waals surface area (Å²) in [6, 6.07) is 8.06. The number of carbonyl (C=O) groups excluding carboxylic acids is 1. The molecule has 0 bridgehead atoms. The number of nitrogens with one attached hydrogen (secondary N) is 1. The second-order valence-corrected chi connectivity index (χ2v) is 8.67. The summed E-state index contributed by atoms with van der Waals surface area (Å²) in [6.07, 6.45) is 2.54. The Morgan fingerprint density at radius 1 is 1.33 bits per heavy atom. The summed E-state index contributed by atoms with van der Waals surface area (Å²) in [6.45, 7) is 3.89. The predicted octanol–water partition coefficient (Wildman–Crippen LogP) is 3.26. The molecule has 0 radical (unpaired) electrons. The minimum absolute atomic E-state index is 0.0512. The molecule has 1 aromatic carbocycles. The Labute approximate surface area is 195 Å². The summed E-state index contributed by atoms with van der Waals surface area (Å²) >= 11 is 1.34. The standard InChI is InChI=1S/C22H25FN6O3S/c1-3-32-20(15-6-7-16(23)17(12-15)31-2)21(30)25-22-28-27-19(33-22)11-14-8-10-29(13-14)18-5-4-9-24-26-18/h4-7,9,12,14,20H,3,8,10-11,13H2,1-2H3,(H,25,28,30)/t14-,20+/m0/s1. The third-order valence-corrected chi connectivity index (χ3v) is 6.24. The molecule has 3 aromatic rings. The minimum Gasteiger partial charge on any atom is -0.494 e. The molecule has 0 saturated carbocycles. The summed E-state index contributed by atoms with van der Waals surface area (Å²) in [7, 11) is 1.37. The summed E-state index contributed by atoms with van der Waals surface area (Å²) in [4.78, 5) is 15.1. The average molecular weight is 473 g/mol. The molecule has 33 heavy (non-hydrogen) atoms. The van der Waals surface area contributed by atoms with E-state index in [1.807, 2.05) is 12.1 Å². The number of aromatic nitrogens is 4. The highest BCUT2D eigenvalue weighted by molar-refractivity contribution is 7.15. The van der Waals surface area contributed by atoms with Crippen molar-refractivity contribution in [2.75, 3.05) is 37.0 Å². The maximum Gasteiger partial charge on any atom is 0.259 e. The van der Waals surface area contributed by atoms with Crippen LogP contribution in [0.3, 0.4) is 0 Å². The molecule has 1 fully saturated rings. The number of halogens is 1. The van der Waals surface area contributed by atoms with E-state index < -0.39 is 17.8 Å². The second kappa shape index (κ2) is 10.6. The molecule has 0 unspecified atom stereocenters. The van der Waals surface area contributed by atoms with Crippen LogP contribution in [0.4, 0.5) is 15.3 Å². The molecule has 4 rings (SSSR count). The van der Waals surface area contributed by atoms with E-state index in [2.05, 4.69) is 30.6 Å². The molecule has 3 heterocycles. The Bertz CT molecular complexity index is 1080. The van der Waals surface area contributed by atoms with Gasteiger partial charge in [0.1, 0.15) is 5.01 Å². The number of methoxy groups -OCH3 is 1. The van der Waals surface area contributed by atoms with Crippen LogP contribution < -0.4 is 15.0 Å². The zero-order chi connectivity index (χ0) is 23.2. The fourth-order valence-electron chi connectivity index (χ4n) is 3.80. The van der Waals surface area contributed by atoms with Gasteiger partial charge in [-0.05, 0) is 49.1 Å². The van der Waals surface area contributed by atoms with Gasteiger partial charge in [0.05, 0.1) is 7.11 Å². The molecule has 9 nitrogen and oxygen atoms in total. The summed E-state index contributed by atoms with van der Waals surface area (Å²) in [5.41, 5.74) is 0.493. The lowest BCUT2D eigenvalue weighted by atomic mass is 10.1. The third-order valence-electron chi connectivity index (χ3n) is 5.38. The molecule has 0 aliphatic carbocycles.